The van der Waals surface area contributed by atoms with Gasteiger partial charge in [-0.2, -0.15) is 0 Å². The minimum absolute atomic E-state index is 0.0657. The number of hydrogen-bond acceptors (Lipinski definition) is 4. The van der Waals surface area contributed by atoms with Crippen molar-refractivity contribution < 1.29 is 9.90 Å². The van der Waals surface area contributed by atoms with Gasteiger partial charge in [-0.3, -0.25) is 0 Å². The van der Waals surface area contributed by atoms with Crippen LogP contribution in [0.25, 0.3) is 0 Å². The first kappa shape index (κ1) is 11.6. The van der Waals surface area contributed by atoms with E-state index in [4.69, 9.17) is 5.11 Å². The minimum atomic E-state index is -1.01. The Balaban J connectivity index is 2.35. The number of rotatable bonds is 3. The number of aromatic carboxylic acids is 1. The smallest absolute Gasteiger partial charge is 0.357 e. The summed E-state index contributed by atoms with van der Waals surface area (Å²) >= 11 is 1.28. The maximum atomic E-state index is 10.9. The monoisotopic (exact) mass is 248 g/mol. The van der Waals surface area contributed by atoms with Gasteiger partial charge in [0.1, 0.15) is 5.00 Å². The Bertz CT molecular complexity index is 563. The Morgan fingerprint density at radius 3 is 2.88 bits per heavy atom. The fourth-order valence-corrected chi connectivity index (χ4v) is 2.18. The molecule has 0 fully saturated rings. The van der Waals surface area contributed by atoms with Crippen LogP contribution in [0.15, 0.2) is 23.7 Å². The van der Waals surface area contributed by atoms with E-state index in [1.807, 2.05) is 32.0 Å². The second-order valence-electron chi connectivity index (χ2n) is 3.71. The van der Waals surface area contributed by atoms with Crippen LogP contribution in [0.3, 0.4) is 0 Å². The molecule has 2 aromatic rings. The number of nitrogens with one attached hydrogen (secondary N) is 1. The summed E-state index contributed by atoms with van der Waals surface area (Å²) in [5, 5.41) is 12.6. The Morgan fingerprint density at radius 2 is 2.18 bits per heavy atom. The van der Waals surface area contributed by atoms with E-state index in [9.17, 15) is 4.79 Å². The van der Waals surface area contributed by atoms with Crippen LogP contribution in [0, 0.1) is 13.8 Å². The zero-order valence-electron chi connectivity index (χ0n) is 9.52. The van der Waals surface area contributed by atoms with Crippen molar-refractivity contribution >= 4 is 28.0 Å². The summed E-state index contributed by atoms with van der Waals surface area (Å²) in [7, 11) is 0. The van der Waals surface area contributed by atoms with E-state index >= 15 is 0 Å². The highest BCUT2D eigenvalue weighted by Crippen LogP contribution is 2.27. The molecule has 88 valence electrons. The Labute approximate surface area is 103 Å². The van der Waals surface area contributed by atoms with Crippen LogP contribution in [-0.4, -0.2) is 16.1 Å². The first-order valence-electron chi connectivity index (χ1n) is 5.09. The molecule has 2 rings (SSSR count). The van der Waals surface area contributed by atoms with Gasteiger partial charge in [0, 0.05) is 5.69 Å². The standard InChI is InChI=1S/C12H12N2O2S/c1-7-4-3-5-9(8(7)2)14-11-10(12(15)16)13-6-17-11/h3-6,14H,1-2H3,(H,15,16). The average molecular weight is 248 g/mol. The van der Waals surface area contributed by atoms with Crippen molar-refractivity contribution in [1.82, 2.24) is 4.98 Å². The van der Waals surface area contributed by atoms with Gasteiger partial charge in [0.05, 0.1) is 5.51 Å². The third-order valence-electron chi connectivity index (χ3n) is 2.62. The maximum absolute atomic E-state index is 10.9. The number of thiazole rings is 1. The molecule has 0 spiro atoms. The summed E-state index contributed by atoms with van der Waals surface area (Å²) in [6.45, 7) is 4.02. The third kappa shape index (κ3) is 2.29. The van der Waals surface area contributed by atoms with Crippen LogP contribution in [0.2, 0.25) is 0 Å². The lowest BCUT2D eigenvalue weighted by Gasteiger charge is -2.09. The number of benzene rings is 1. The molecule has 0 saturated carbocycles. The first-order valence-corrected chi connectivity index (χ1v) is 5.97. The van der Waals surface area contributed by atoms with Gasteiger partial charge in [0.15, 0.2) is 5.69 Å². The molecule has 2 N–H and O–H groups in total. The van der Waals surface area contributed by atoms with Crippen molar-refractivity contribution in [2.45, 2.75) is 13.8 Å². The number of nitrogens with zero attached hydrogens (tertiary/aromatic N) is 1. The summed E-state index contributed by atoms with van der Waals surface area (Å²) in [5.41, 5.74) is 4.78. The number of anilines is 2. The molecule has 17 heavy (non-hydrogen) atoms. The van der Waals surface area contributed by atoms with Gasteiger partial charge in [-0.15, -0.1) is 11.3 Å². The largest absolute Gasteiger partial charge is 0.476 e. The normalized spacial score (nSPS) is 10.2. The fourth-order valence-electron chi connectivity index (χ4n) is 1.50. The third-order valence-corrected chi connectivity index (χ3v) is 3.36. The van der Waals surface area contributed by atoms with Crippen molar-refractivity contribution in [3.63, 3.8) is 0 Å². The number of carboxylic acid groups (broad SMARTS) is 1. The summed E-state index contributed by atoms with van der Waals surface area (Å²) in [4.78, 5) is 14.7. The predicted molar refractivity (Wildman–Crippen MR) is 68.3 cm³/mol. The molecule has 0 aliphatic rings. The molecule has 4 nitrogen and oxygen atoms in total. The highest BCUT2D eigenvalue weighted by Gasteiger charge is 2.14. The lowest BCUT2D eigenvalue weighted by atomic mass is 10.1. The summed E-state index contributed by atoms with van der Waals surface area (Å²) in [6, 6.07) is 5.88. The molecule has 0 radical (unpaired) electrons. The second-order valence-corrected chi connectivity index (χ2v) is 4.56. The zero-order valence-corrected chi connectivity index (χ0v) is 10.3. The molecule has 0 aliphatic carbocycles. The topological polar surface area (TPSA) is 62.2 Å². The Kier molecular flexibility index (Phi) is 3.10. The van der Waals surface area contributed by atoms with Gasteiger partial charge >= 0.3 is 5.97 Å². The lowest BCUT2D eigenvalue weighted by Crippen LogP contribution is -2.02. The molecule has 1 aromatic carbocycles. The van der Waals surface area contributed by atoms with Crippen molar-refractivity contribution in [2.75, 3.05) is 5.32 Å². The van der Waals surface area contributed by atoms with E-state index in [0.29, 0.717) is 5.00 Å². The minimum Gasteiger partial charge on any atom is -0.476 e. The van der Waals surface area contributed by atoms with Crippen LogP contribution in [0.1, 0.15) is 21.6 Å². The van der Waals surface area contributed by atoms with Crippen molar-refractivity contribution in [1.29, 1.82) is 0 Å². The number of aromatic nitrogens is 1. The van der Waals surface area contributed by atoms with Crippen LogP contribution in [0.5, 0.6) is 0 Å². The summed E-state index contributed by atoms with van der Waals surface area (Å²) < 4.78 is 0. The molecular formula is C12H12N2O2S. The molecule has 1 heterocycles. The summed E-state index contributed by atoms with van der Waals surface area (Å²) in [6.07, 6.45) is 0. The highest BCUT2D eigenvalue weighted by atomic mass is 32.1. The molecule has 0 aliphatic heterocycles. The van der Waals surface area contributed by atoms with Crippen molar-refractivity contribution in [2.24, 2.45) is 0 Å². The van der Waals surface area contributed by atoms with Crippen LogP contribution in [0.4, 0.5) is 10.7 Å². The second kappa shape index (κ2) is 4.55. The highest BCUT2D eigenvalue weighted by molar-refractivity contribution is 7.14. The van der Waals surface area contributed by atoms with Crippen LogP contribution in [-0.2, 0) is 0 Å². The number of hydrogen-bond donors (Lipinski definition) is 2. The quantitative estimate of drug-likeness (QED) is 0.875. The van der Waals surface area contributed by atoms with Gasteiger partial charge in [-0.05, 0) is 31.0 Å². The zero-order chi connectivity index (χ0) is 12.4. The van der Waals surface area contributed by atoms with E-state index in [-0.39, 0.29) is 5.69 Å². The maximum Gasteiger partial charge on any atom is 0.357 e. The Morgan fingerprint density at radius 1 is 1.41 bits per heavy atom. The Hall–Kier alpha value is -1.88. The van der Waals surface area contributed by atoms with Gasteiger partial charge in [0.25, 0.3) is 0 Å². The van der Waals surface area contributed by atoms with Crippen molar-refractivity contribution in [3.05, 3.63) is 40.5 Å². The number of carbonyl (C=O) groups is 1. The number of carboxylic acids is 1. The molecule has 0 amide bonds. The molecular weight excluding hydrogens is 236 g/mol. The van der Waals surface area contributed by atoms with Crippen LogP contribution >= 0.6 is 11.3 Å². The predicted octanol–water partition coefficient (Wildman–Crippen LogP) is 3.20. The van der Waals surface area contributed by atoms with E-state index < -0.39 is 5.97 Å². The van der Waals surface area contributed by atoms with E-state index in [0.717, 1.165) is 16.8 Å². The lowest BCUT2D eigenvalue weighted by molar-refractivity contribution is 0.0692. The van der Waals surface area contributed by atoms with E-state index in [1.165, 1.54) is 16.8 Å². The van der Waals surface area contributed by atoms with Crippen LogP contribution < -0.4 is 5.32 Å². The van der Waals surface area contributed by atoms with Gasteiger partial charge in [-0.25, -0.2) is 9.78 Å². The molecule has 1 aromatic heterocycles. The van der Waals surface area contributed by atoms with Crippen molar-refractivity contribution in [3.8, 4) is 0 Å². The fraction of sp³-hybridized carbons (Fsp3) is 0.167. The first-order chi connectivity index (χ1) is 8.09. The molecule has 0 bridgehead atoms. The number of aryl methyl sites for hydroxylation is 1. The average Bonchev–Trinajstić information content (AvgIpc) is 2.73. The van der Waals surface area contributed by atoms with E-state index in [1.54, 1.807) is 0 Å². The van der Waals surface area contributed by atoms with Gasteiger partial charge in [0.2, 0.25) is 0 Å². The molecule has 0 saturated heterocycles. The molecule has 5 heteroatoms. The molecule has 0 atom stereocenters. The molecule has 0 unspecified atom stereocenters. The van der Waals surface area contributed by atoms with Gasteiger partial charge in [-0.1, -0.05) is 12.1 Å². The van der Waals surface area contributed by atoms with E-state index in [2.05, 4.69) is 10.3 Å². The summed E-state index contributed by atoms with van der Waals surface area (Å²) in [5.74, 6) is -1.01. The van der Waals surface area contributed by atoms with Gasteiger partial charge < -0.3 is 10.4 Å². The SMILES string of the molecule is Cc1cccc(Nc2scnc2C(=O)O)c1C.